The van der Waals surface area contributed by atoms with Crippen LogP contribution in [0.25, 0.3) is 11.1 Å². The Labute approximate surface area is 153 Å². The van der Waals surface area contributed by atoms with E-state index in [1.807, 2.05) is 73.1 Å². The summed E-state index contributed by atoms with van der Waals surface area (Å²) in [7, 11) is 0. The standard InChI is InChI=1S/C20H17N3O.ClH/c24-20(16-23-13-5-2-6-14-23)22-21-15-17-9-11-19(12-10-17)18-7-3-1-4-8-18;/h1-15H,16H2;1H/b21-15+;. The summed E-state index contributed by atoms with van der Waals surface area (Å²) in [6, 6.07) is 23.9. The molecule has 0 aliphatic rings. The lowest BCUT2D eigenvalue weighted by Crippen LogP contribution is -3.00. The van der Waals surface area contributed by atoms with Crippen LogP contribution < -0.4 is 22.4 Å². The van der Waals surface area contributed by atoms with Gasteiger partial charge in [-0.25, -0.2) is 5.43 Å². The van der Waals surface area contributed by atoms with Crippen LogP contribution in [0.15, 0.2) is 90.3 Å². The molecule has 5 heteroatoms. The molecule has 25 heavy (non-hydrogen) atoms. The van der Waals surface area contributed by atoms with Crippen molar-refractivity contribution in [2.24, 2.45) is 5.10 Å². The molecule has 3 aromatic rings. The van der Waals surface area contributed by atoms with Crippen LogP contribution in [0.2, 0.25) is 0 Å². The van der Waals surface area contributed by atoms with Gasteiger partial charge in [-0.05, 0) is 16.7 Å². The molecule has 0 unspecified atom stereocenters. The molecule has 1 heterocycles. The molecule has 3 rings (SSSR count). The van der Waals surface area contributed by atoms with Crippen molar-refractivity contribution in [1.29, 1.82) is 0 Å². The van der Waals surface area contributed by atoms with E-state index < -0.39 is 0 Å². The lowest BCUT2D eigenvalue weighted by atomic mass is 10.0. The van der Waals surface area contributed by atoms with E-state index in [1.165, 1.54) is 5.56 Å². The number of aromatic nitrogens is 1. The molecule has 0 fully saturated rings. The summed E-state index contributed by atoms with van der Waals surface area (Å²) in [6.07, 6.45) is 5.32. The van der Waals surface area contributed by atoms with E-state index in [-0.39, 0.29) is 24.9 Å². The topological polar surface area (TPSA) is 45.3 Å². The monoisotopic (exact) mass is 351 g/mol. The molecule has 126 valence electrons. The Morgan fingerprint density at radius 1 is 0.880 bits per heavy atom. The first-order chi connectivity index (χ1) is 11.8. The van der Waals surface area contributed by atoms with E-state index in [2.05, 4.69) is 22.7 Å². The number of halogens is 1. The van der Waals surface area contributed by atoms with Gasteiger partial charge in [0, 0.05) is 12.1 Å². The third-order valence-electron chi connectivity index (χ3n) is 3.52. The van der Waals surface area contributed by atoms with Crippen LogP contribution in [0.4, 0.5) is 0 Å². The Balaban J connectivity index is 0.00000225. The van der Waals surface area contributed by atoms with E-state index in [0.717, 1.165) is 11.1 Å². The number of hydrogen-bond acceptors (Lipinski definition) is 2. The van der Waals surface area contributed by atoms with E-state index in [9.17, 15) is 4.79 Å². The molecule has 0 aliphatic carbocycles. The summed E-state index contributed by atoms with van der Waals surface area (Å²) < 4.78 is 1.79. The summed E-state index contributed by atoms with van der Waals surface area (Å²) >= 11 is 0. The molecule has 0 saturated heterocycles. The third kappa shape index (κ3) is 5.55. The van der Waals surface area contributed by atoms with Crippen molar-refractivity contribution >= 4 is 12.1 Å². The van der Waals surface area contributed by atoms with Crippen LogP contribution >= 0.6 is 0 Å². The quantitative estimate of drug-likeness (QED) is 0.386. The molecule has 1 amide bonds. The van der Waals surface area contributed by atoms with Crippen LogP contribution in [-0.4, -0.2) is 12.1 Å². The smallest absolute Gasteiger partial charge is 0.305 e. The molecule has 1 N–H and O–H groups in total. The number of rotatable bonds is 5. The van der Waals surface area contributed by atoms with E-state index in [4.69, 9.17) is 0 Å². The Hall–Kier alpha value is -2.98. The number of pyridine rings is 1. The number of carbonyl (C=O) groups excluding carboxylic acids is 1. The molecule has 4 nitrogen and oxygen atoms in total. The van der Waals surface area contributed by atoms with Crippen LogP contribution in [0, 0.1) is 0 Å². The second-order valence-electron chi connectivity index (χ2n) is 5.33. The first-order valence-corrected chi connectivity index (χ1v) is 7.73. The number of amides is 1. The van der Waals surface area contributed by atoms with Crippen LogP contribution in [0.5, 0.6) is 0 Å². The van der Waals surface area contributed by atoms with Crippen molar-refractivity contribution in [3.05, 3.63) is 90.8 Å². The normalized spacial score (nSPS) is 10.2. The van der Waals surface area contributed by atoms with Crippen molar-refractivity contribution in [2.45, 2.75) is 6.54 Å². The predicted molar refractivity (Wildman–Crippen MR) is 94.3 cm³/mol. The average molecular weight is 352 g/mol. The highest BCUT2D eigenvalue weighted by atomic mass is 35.5. The summed E-state index contributed by atoms with van der Waals surface area (Å²) in [5.74, 6) is -0.164. The minimum Gasteiger partial charge on any atom is -1.00 e. The maximum absolute atomic E-state index is 11.8. The maximum atomic E-state index is 11.8. The van der Waals surface area contributed by atoms with E-state index >= 15 is 0 Å². The molecule has 0 aliphatic heterocycles. The second-order valence-corrected chi connectivity index (χ2v) is 5.33. The van der Waals surface area contributed by atoms with Crippen LogP contribution in [0.3, 0.4) is 0 Å². The van der Waals surface area contributed by atoms with Gasteiger partial charge in [0.1, 0.15) is 0 Å². The molecule has 0 spiro atoms. The Morgan fingerprint density at radius 2 is 1.48 bits per heavy atom. The van der Waals surface area contributed by atoms with Crippen LogP contribution in [-0.2, 0) is 11.3 Å². The van der Waals surface area contributed by atoms with Gasteiger partial charge in [0.25, 0.3) is 0 Å². The van der Waals surface area contributed by atoms with Crippen molar-refractivity contribution in [2.75, 3.05) is 0 Å². The van der Waals surface area contributed by atoms with E-state index in [1.54, 1.807) is 10.8 Å². The lowest BCUT2D eigenvalue weighted by Gasteiger charge is -2.01. The number of nitrogens with one attached hydrogen (secondary N) is 1. The van der Waals surface area contributed by atoms with Crippen LogP contribution in [0.1, 0.15) is 5.56 Å². The molecular formula is C20H18ClN3O. The van der Waals surface area contributed by atoms with Gasteiger partial charge in [0.15, 0.2) is 12.4 Å². The fourth-order valence-corrected chi connectivity index (χ4v) is 2.31. The predicted octanol–water partition coefficient (Wildman–Crippen LogP) is -0.205. The zero-order chi connectivity index (χ0) is 16.6. The minimum absolute atomic E-state index is 0. The molecule has 0 saturated carbocycles. The zero-order valence-corrected chi connectivity index (χ0v) is 14.3. The lowest BCUT2D eigenvalue weighted by molar-refractivity contribution is -0.684. The summed E-state index contributed by atoms with van der Waals surface area (Å²) in [4.78, 5) is 11.8. The number of hydrogen-bond donors (Lipinski definition) is 1. The third-order valence-corrected chi connectivity index (χ3v) is 3.52. The summed E-state index contributed by atoms with van der Waals surface area (Å²) in [5.41, 5.74) is 5.79. The fourth-order valence-electron chi connectivity index (χ4n) is 2.31. The van der Waals surface area contributed by atoms with Gasteiger partial charge in [-0.3, -0.25) is 4.79 Å². The highest BCUT2D eigenvalue weighted by Gasteiger charge is 2.06. The number of hydrazone groups is 1. The second kappa shape index (κ2) is 9.35. The summed E-state index contributed by atoms with van der Waals surface area (Å²) in [6.45, 7) is 0.241. The van der Waals surface area contributed by atoms with Gasteiger partial charge in [0.05, 0.1) is 6.21 Å². The first-order valence-electron chi connectivity index (χ1n) is 7.73. The molecule has 0 bridgehead atoms. The van der Waals surface area contributed by atoms with Gasteiger partial charge >= 0.3 is 5.91 Å². The SMILES string of the molecule is O=C(C[n+]1ccccc1)N/N=C/c1ccc(-c2ccccc2)cc1.[Cl-]. The number of nitrogens with zero attached hydrogens (tertiary/aromatic N) is 2. The highest BCUT2D eigenvalue weighted by molar-refractivity contribution is 5.83. The maximum Gasteiger partial charge on any atom is 0.305 e. The summed E-state index contributed by atoms with van der Waals surface area (Å²) in [5, 5.41) is 4.00. The Bertz CT molecular complexity index is 819. The highest BCUT2D eigenvalue weighted by Crippen LogP contribution is 2.18. The van der Waals surface area contributed by atoms with Gasteiger partial charge in [-0.15, -0.1) is 0 Å². The van der Waals surface area contributed by atoms with Crippen molar-refractivity contribution < 1.29 is 21.8 Å². The number of benzene rings is 2. The minimum atomic E-state index is -0.164. The fraction of sp³-hybridized carbons (Fsp3) is 0.0500. The molecule has 0 atom stereocenters. The van der Waals surface area contributed by atoms with E-state index in [0.29, 0.717) is 0 Å². The van der Waals surface area contributed by atoms with Gasteiger partial charge in [0.2, 0.25) is 6.54 Å². The van der Waals surface area contributed by atoms with Gasteiger partial charge in [-0.1, -0.05) is 60.7 Å². The Morgan fingerprint density at radius 3 is 2.16 bits per heavy atom. The molecule has 0 radical (unpaired) electrons. The molecule has 2 aromatic carbocycles. The molecule has 1 aromatic heterocycles. The Kier molecular flexibility index (Phi) is 6.87. The zero-order valence-electron chi connectivity index (χ0n) is 13.5. The number of carbonyl (C=O) groups is 1. The largest absolute Gasteiger partial charge is 1.00 e. The van der Waals surface area contributed by atoms with Crippen molar-refractivity contribution in [3.63, 3.8) is 0 Å². The van der Waals surface area contributed by atoms with Crippen molar-refractivity contribution in [3.8, 4) is 11.1 Å². The first kappa shape index (κ1) is 18.4. The average Bonchev–Trinajstić information content (AvgIpc) is 2.64. The van der Waals surface area contributed by atoms with Crippen molar-refractivity contribution in [1.82, 2.24) is 5.43 Å². The molecular weight excluding hydrogens is 334 g/mol. The van der Waals surface area contributed by atoms with Gasteiger partial charge < -0.3 is 12.4 Å². The van der Waals surface area contributed by atoms with Gasteiger partial charge in [-0.2, -0.15) is 9.67 Å².